The van der Waals surface area contributed by atoms with Gasteiger partial charge in [0, 0.05) is 23.6 Å². The molecule has 0 bridgehead atoms. The molecule has 1 atom stereocenters. The van der Waals surface area contributed by atoms with E-state index in [9.17, 15) is 19.5 Å². The van der Waals surface area contributed by atoms with Gasteiger partial charge in [0.2, 0.25) is 5.43 Å². The lowest BCUT2D eigenvalue weighted by Crippen LogP contribution is -2.44. The summed E-state index contributed by atoms with van der Waals surface area (Å²) in [5.74, 6) is -1.30. The minimum absolute atomic E-state index is 0.157. The smallest absolute Gasteiger partial charge is 0.326 e. The first-order chi connectivity index (χ1) is 16.9. The summed E-state index contributed by atoms with van der Waals surface area (Å²) >= 11 is 1.37. The van der Waals surface area contributed by atoms with Crippen LogP contribution < -0.4 is 15.5 Å². The number of carboxylic acid groups (broad SMARTS) is 1. The Morgan fingerprint density at radius 1 is 1.23 bits per heavy atom. The van der Waals surface area contributed by atoms with Gasteiger partial charge in [0.25, 0.3) is 5.91 Å². The highest BCUT2D eigenvalue weighted by Gasteiger charge is 2.21. The van der Waals surface area contributed by atoms with Crippen LogP contribution in [0.2, 0.25) is 0 Å². The molecule has 2 heterocycles. The molecule has 8 nitrogen and oxygen atoms in total. The topological polar surface area (TPSA) is 119 Å². The molecule has 0 saturated heterocycles. The van der Waals surface area contributed by atoms with Crippen LogP contribution in [0.3, 0.4) is 0 Å². The number of amides is 1. The van der Waals surface area contributed by atoms with E-state index in [1.807, 2.05) is 37.4 Å². The molecule has 2 N–H and O–H groups in total. The van der Waals surface area contributed by atoms with Crippen molar-refractivity contribution in [2.75, 3.05) is 6.61 Å². The molecule has 35 heavy (non-hydrogen) atoms. The van der Waals surface area contributed by atoms with Gasteiger partial charge in [0.05, 0.1) is 10.9 Å². The van der Waals surface area contributed by atoms with Crippen molar-refractivity contribution in [3.63, 3.8) is 0 Å². The molecule has 0 spiro atoms. The van der Waals surface area contributed by atoms with Gasteiger partial charge in [-0.25, -0.2) is 9.78 Å². The Labute approximate surface area is 205 Å². The Morgan fingerprint density at radius 3 is 2.66 bits per heavy atom. The van der Waals surface area contributed by atoms with Crippen molar-refractivity contribution >= 4 is 34.2 Å². The van der Waals surface area contributed by atoms with Gasteiger partial charge < -0.3 is 19.6 Å². The number of aryl methyl sites for hydroxylation is 2. The predicted octanol–water partition coefficient (Wildman–Crippen LogP) is 3.98. The summed E-state index contributed by atoms with van der Waals surface area (Å²) in [6, 6.07) is 11.3. The summed E-state index contributed by atoms with van der Waals surface area (Å²) in [6.07, 6.45) is 2.09. The van der Waals surface area contributed by atoms with E-state index in [1.165, 1.54) is 17.6 Å². The zero-order valence-corrected chi connectivity index (χ0v) is 20.1. The highest BCUT2D eigenvalue weighted by Crippen LogP contribution is 2.28. The van der Waals surface area contributed by atoms with Crippen LogP contribution in [0.5, 0.6) is 5.75 Å². The first-order valence-electron chi connectivity index (χ1n) is 11.1. The Bertz CT molecular complexity index is 1430. The molecule has 4 aromatic rings. The van der Waals surface area contributed by atoms with Crippen LogP contribution in [0.15, 0.2) is 63.3 Å². The third-order valence-corrected chi connectivity index (χ3v) is 6.45. The molecule has 1 unspecified atom stereocenters. The van der Waals surface area contributed by atoms with Gasteiger partial charge >= 0.3 is 5.97 Å². The van der Waals surface area contributed by atoms with E-state index in [2.05, 4.69) is 10.3 Å². The van der Waals surface area contributed by atoms with E-state index in [0.29, 0.717) is 33.7 Å². The summed E-state index contributed by atoms with van der Waals surface area (Å²) in [5.41, 5.74) is 2.88. The Balaban J connectivity index is 1.51. The molecular formula is C26H24N2O6S. The van der Waals surface area contributed by atoms with Crippen LogP contribution in [0.1, 0.15) is 23.7 Å². The number of carboxylic acids is 1. The normalized spacial score (nSPS) is 11.8. The lowest BCUT2D eigenvalue weighted by Gasteiger charge is -2.16. The third kappa shape index (κ3) is 5.58. The molecule has 2 aromatic carbocycles. The second-order valence-corrected chi connectivity index (χ2v) is 8.88. The van der Waals surface area contributed by atoms with Crippen molar-refractivity contribution in [1.29, 1.82) is 0 Å². The maximum absolute atomic E-state index is 13.1. The molecule has 180 valence electrons. The van der Waals surface area contributed by atoms with E-state index >= 15 is 0 Å². The molecule has 0 fully saturated rings. The molecule has 9 heteroatoms. The number of rotatable bonds is 9. The van der Waals surface area contributed by atoms with Gasteiger partial charge in [-0.1, -0.05) is 37.3 Å². The molecule has 1 amide bonds. The van der Waals surface area contributed by atoms with Crippen LogP contribution in [-0.4, -0.2) is 34.6 Å². The van der Waals surface area contributed by atoms with E-state index < -0.39 is 17.9 Å². The fourth-order valence-electron chi connectivity index (χ4n) is 3.67. The monoisotopic (exact) mass is 492 g/mol. The number of carbonyl (C=O) groups is 2. The quantitative estimate of drug-likeness (QED) is 0.363. The summed E-state index contributed by atoms with van der Waals surface area (Å²) in [6.45, 7) is 3.39. The number of ether oxygens (including phenoxy) is 1. The standard InChI is InChI=1S/C26H24N2O6S/c1-3-17-10-18-22(33-12-19(24(18)30)25-27-15(2)14-35-25)11-21(17)34-13-23(29)28-20(26(31)32)9-16-7-5-4-6-8-16/h4-8,10-12,14,20H,3,9,13H2,1-2H3,(H,28,29)(H,31,32). The van der Waals surface area contributed by atoms with Crippen molar-refractivity contribution < 1.29 is 23.8 Å². The number of nitrogens with one attached hydrogen (secondary N) is 1. The third-order valence-electron chi connectivity index (χ3n) is 5.46. The molecule has 0 aliphatic rings. The summed E-state index contributed by atoms with van der Waals surface area (Å²) in [5, 5.41) is 14.9. The van der Waals surface area contributed by atoms with E-state index in [-0.39, 0.29) is 18.5 Å². The van der Waals surface area contributed by atoms with Crippen molar-refractivity contribution in [2.24, 2.45) is 0 Å². The first kappa shape index (κ1) is 24.2. The lowest BCUT2D eigenvalue weighted by molar-refractivity contribution is -0.142. The van der Waals surface area contributed by atoms with Crippen molar-refractivity contribution in [1.82, 2.24) is 10.3 Å². The number of carbonyl (C=O) groups excluding carboxylic acids is 1. The minimum Gasteiger partial charge on any atom is -0.483 e. The molecule has 2 aromatic heterocycles. The minimum atomic E-state index is -1.13. The number of aromatic nitrogens is 1. The summed E-state index contributed by atoms with van der Waals surface area (Å²) in [7, 11) is 0. The van der Waals surface area contributed by atoms with E-state index in [1.54, 1.807) is 24.3 Å². The predicted molar refractivity (Wildman–Crippen MR) is 133 cm³/mol. The number of hydrogen-bond donors (Lipinski definition) is 2. The molecular weight excluding hydrogens is 468 g/mol. The lowest BCUT2D eigenvalue weighted by atomic mass is 10.1. The zero-order chi connectivity index (χ0) is 24.9. The van der Waals surface area contributed by atoms with Gasteiger partial charge in [-0.3, -0.25) is 9.59 Å². The van der Waals surface area contributed by atoms with E-state index in [4.69, 9.17) is 9.15 Å². The van der Waals surface area contributed by atoms with Crippen molar-refractivity contribution in [3.8, 4) is 16.3 Å². The number of thiazole rings is 1. The Morgan fingerprint density at radius 2 is 2.00 bits per heavy atom. The second kappa shape index (κ2) is 10.5. The fraction of sp³-hybridized carbons (Fsp3) is 0.231. The van der Waals surface area contributed by atoms with Gasteiger partial charge in [-0.2, -0.15) is 0 Å². The van der Waals surface area contributed by atoms with Crippen molar-refractivity contribution in [3.05, 3.63) is 81.2 Å². The van der Waals surface area contributed by atoms with Crippen LogP contribution in [0.25, 0.3) is 21.5 Å². The SMILES string of the molecule is CCc1cc2c(=O)c(-c3nc(C)cs3)coc2cc1OCC(=O)NC(Cc1ccccc1)C(=O)O. The van der Waals surface area contributed by atoms with E-state index in [0.717, 1.165) is 16.8 Å². The summed E-state index contributed by atoms with van der Waals surface area (Å²) in [4.78, 5) is 41.5. The average molecular weight is 493 g/mol. The second-order valence-electron chi connectivity index (χ2n) is 8.02. The van der Waals surface area contributed by atoms with Gasteiger partial charge in [0.15, 0.2) is 6.61 Å². The molecule has 0 saturated carbocycles. The van der Waals surface area contributed by atoms with Crippen LogP contribution in [0, 0.1) is 6.92 Å². The Hall–Kier alpha value is -3.98. The summed E-state index contributed by atoms with van der Waals surface area (Å²) < 4.78 is 11.4. The maximum Gasteiger partial charge on any atom is 0.326 e. The fourth-order valence-corrected chi connectivity index (χ4v) is 4.47. The van der Waals surface area contributed by atoms with Gasteiger partial charge in [-0.15, -0.1) is 11.3 Å². The molecule has 0 aliphatic heterocycles. The largest absolute Gasteiger partial charge is 0.483 e. The number of aliphatic carboxylic acids is 1. The average Bonchev–Trinajstić information content (AvgIpc) is 3.28. The molecule has 0 aliphatic carbocycles. The first-order valence-corrected chi connectivity index (χ1v) is 11.9. The Kier molecular flexibility index (Phi) is 7.26. The number of benzene rings is 2. The van der Waals surface area contributed by atoms with Crippen molar-refractivity contribution in [2.45, 2.75) is 32.7 Å². The highest BCUT2D eigenvalue weighted by atomic mass is 32.1. The molecule has 4 rings (SSSR count). The molecule has 0 radical (unpaired) electrons. The number of hydrogen-bond acceptors (Lipinski definition) is 7. The zero-order valence-electron chi connectivity index (χ0n) is 19.2. The maximum atomic E-state index is 13.1. The highest BCUT2D eigenvalue weighted by molar-refractivity contribution is 7.13. The number of fused-ring (bicyclic) bond motifs is 1. The van der Waals surface area contributed by atoms with Crippen LogP contribution in [0.4, 0.5) is 0 Å². The van der Waals surface area contributed by atoms with Crippen LogP contribution in [-0.2, 0) is 22.4 Å². The van der Waals surface area contributed by atoms with Crippen LogP contribution >= 0.6 is 11.3 Å². The van der Waals surface area contributed by atoms with Gasteiger partial charge in [-0.05, 0) is 30.5 Å². The number of nitrogens with zero attached hydrogens (tertiary/aromatic N) is 1. The van der Waals surface area contributed by atoms with Gasteiger partial charge in [0.1, 0.15) is 28.6 Å².